The summed E-state index contributed by atoms with van der Waals surface area (Å²) in [6.07, 6.45) is -0.178. The van der Waals surface area contributed by atoms with E-state index in [-0.39, 0.29) is 6.61 Å². The number of carbonyl (C=O) groups excluding carboxylic acids is 2. The van der Waals surface area contributed by atoms with Crippen LogP contribution in [0.2, 0.25) is 0 Å². The summed E-state index contributed by atoms with van der Waals surface area (Å²) >= 11 is 0. The molecule has 0 spiro atoms. The van der Waals surface area contributed by atoms with Gasteiger partial charge in [0.15, 0.2) is 0 Å². The smallest absolute Gasteiger partial charge is 0.419 e. The van der Waals surface area contributed by atoms with Crippen LogP contribution in [-0.2, 0) is 9.47 Å². The van der Waals surface area contributed by atoms with E-state index in [1.807, 2.05) is 38.1 Å². The van der Waals surface area contributed by atoms with Crippen molar-refractivity contribution in [2.75, 3.05) is 36.6 Å². The van der Waals surface area contributed by atoms with E-state index in [2.05, 4.69) is 5.32 Å². The summed E-state index contributed by atoms with van der Waals surface area (Å²) in [5.74, 6) is 0.316. The molecule has 0 saturated heterocycles. The van der Waals surface area contributed by atoms with Gasteiger partial charge >= 0.3 is 12.2 Å². The second kappa shape index (κ2) is 11.7. The van der Waals surface area contributed by atoms with Crippen molar-refractivity contribution < 1.29 is 23.8 Å². The highest BCUT2D eigenvalue weighted by molar-refractivity contribution is 5.89. The zero-order valence-corrected chi connectivity index (χ0v) is 17.1. The van der Waals surface area contributed by atoms with E-state index in [4.69, 9.17) is 14.2 Å². The Hall–Kier alpha value is -3.06. The number of anilines is 2. The zero-order valence-electron chi connectivity index (χ0n) is 17.1. The lowest BCUT2D eigenvalue weighted by molar-refractivity contribution is 0.139. The van der Waals surface area contributed by atoms with Gasteiger partial charge in [0.05, 0.1) is 19.8 Å². The van der Waals surface area contributed by atoms with Gasteiger partial charge in [0.25, 0.3) is 0 Å². The zero-order chi connectivity index (χ0) is 21.1. The van der Waals surface area contributed by atoms with Crippen LogP contribution in [0.3, 0.4) is 0 Å². The van der Waals surface area contributed by atoms with Crippen molar-refractivity contribution in [2.24, 2.45) is 0 Å². The van der Waals surface area contributed by atoms with Crippen molar-refractivity contribution in [1.82, 2.24) is 0 Å². The van der Waals surface area contributed by atoms with E-state index in [0.29, 0.717) is 31.2 Å². The summed E-state index contributed by atoms with van der Waals surface area (Å²) in [6, 6.07) is 14.2. The van der Waals surface area contributed by atoms with Crippen LogP contribution in [0.15, 0.2) is 48.5 Å². The molecule has 156 valence electrons. The first-order chi connectivity index (χ1) is 14.0. The van der Waals surface area contributed by atoms with Crippen LogP contribution in [0.25, 0.3) is 0 Å². The Bertz CT molecular complexity index is 792. The lowest BCUT2D eigenvalue weighted by Crippen LogP contribution is -2.36. The van der Waals surface area contributed by atoms with Crippen molar-refractivity contribution >= 4 is 23.6 Å². The molecule has 0 atom stereocenters. The highest BCUT2D eigenvalue weighted by Gasteiger charge is 2.18. The molecule has 0 saturated carbocycles. The molecule has 7 heteroatoms. The van der Waals surface area contributed by atoms with Gasteiger partial charge in [-0.25, -0.2) is 9.59 Å². The van der Waals surface area contributed by atoms with Gasteiger partial charge in [-0.05, 0) is 44.5 Å². The average molecular weight is 400 g/mol. The minimum absolute atomic E-state index is 0.270. The number of benzene rings is 2. The molecule has 0 aliphatic rings. The molecular formula is C22H28N2O5. The van der Waals surface area contributed by atoms with Gasteiger partial charge < -0.3 is 14.2 Å². The third kappa shape index (κ3) is 7.46. The molecule has 0 heterocycles. The molecule has 2 aromatic rings. The highest BCUT2D eigenvalue weighted by Crippen LogP contribution is 2.21. The van der Waals surface area contributed by atoms with Crippen molar-refractivity contribution in [3.05, 3.63) is 54.1 Å². The highest BCUT2D eigenvalue weighted by atomic mass is 16.6. The van der Waals surface area contributed by atoms with Crippen LogP contribution in [0.5, 0.6) is 5.75 Å². The molecule has 2 aromatic carbocycles. The quantitative estimate of drug-likeness (QED) is 0.600. The summed E-state index contributed by atoms with van der Waals surface area (Å²) in [4.78, 5) is 25.9. The maximum absolute atomic E-state index is 12.8. The largest absolute Gasteiger partial charge is 0.450 e. The summed E-state index contributed by atoms with van der Waals surface area (Å²) < 4.78 is 15.9. The van der Waals surface area contributed by atoms with Gasteiger partial charge in [-0.15, -0.1) is 0 Å². The topological polar surface area (TPSA) is 77.1 Å². The fourth-order valence-electron chi connectivity index (χ4n) is 2.53. The Labute approximate surface area is 171 Å². The molecule has 2 amide bonds. The summed E-state index contributed by atoms with van der Waals surface area (Å²) in [5.41, 5.74) is 2.30. The lowest BCUT2D eigenvalue weighted by Gasteiger charge is -2.22. The third-order valence-corrected chi connectivity index (χ3v) is 3.93. The molecule has 0 bridgehead atoms. The average Bonchev–Trinajstić information content (AvgIpc) is 2.69. The SMILES string of the molecule is CCCOCCN(C(=O)Oc1cccc(NC(=O)OCC)c1)c1ccc(C)cc1. The van der Waals surface area contributed by atoms with Crippen molar-refractivity contribution in [1.29, 1.82) is 0 Å². The Balaban J connectivity index is 2.10. The summed E-state index contributed by atoms with van der Waals surface area (Å²) in [6.45, 7) is 7.41. The second-order valence-corrected chi connectivity index (χ2v) is 6.34. The fraction of sp³-hybridized carbons (Fsp3) is 0.364. The van der Waals surface area contributed by atoms with Crippen molar-refractivity contribution in [3.63, 3.8) is 0 Å². The van der Waals surface area contributed by atoms with E-state index in [1.165, 1.54) is 4.90 Å². The van der Waals surface area contributed by atoms with Crippen molar-refractivity contribution in [2.45, 2.75) is 27.2 Å². The molecule has 0 radical (unpaired) electrons. The first-order valence-electron chi connectivity index (χ1n) is 9.71. The predicted octanol–water partition coefficient (Wildman–Crippen LogP) is 5.00. The molecule has 0 aliphatic heterocycles. The van der Waals surface area contributed by atoms with Gasteiger partial charge in [-0.2, -0.15) is 0 Å². The maximum Gasteiger partial charge on any atom is 0.419 e. The minimum atomic E-state index is -0.565. The van der Waals surface area contributed by atoms with Crippen LogP contribution in [0.4, 0.5) is 21.0 Å². The van der Waals surface area contributed by atoms with E-state index < -0.39 is 12.2 Å². The number of hydrogen-bond donors (Lipinski definition) is 1. The number of hydrogen-bond acceptors (Lipinski definition) is 5. The van der Waals surface area contributed by atoms with Gasteiger partial charge in [0.1, 0.15) is 5.75 Å². The molecule has 7 nitrogen and oxygen atoms in total. The Morgan fingerprint density at radius 2 is 1.79 bits per heavy atom. The molecule has 0 fully saturated rings. The third-order valence-electron chi connectivity index (χ3n) is 3.93. The van der Waals surface area contributed by atoms with Crippen LogP contribution in [0, 0.1) is 6.92 Å². The summed E-state index contributed by atoms with van der Waals surface area (Å²) in [5, 5.41) is 2.59. The Morgan fingerprint density at radius 1 is 1.03 bits per heavy atom. The molecule has 29 heavy (non-hydrogen) atoms. The number of nitrogens with zero attached hydrogens (tertiary/aromatic N) is 1. The molecule has 0 aliphatic carbocycles. The molecule has 1 N–H and O–H groups in total. The first kappa shape index (κ1) is 22.2. The number of rotatable bonds is 9. The fourth-order valence-corrected chi connectivity index (χ4v) is 2.53. The number of ether oxygens (including phenoxy) is 3. The molecular weight excluding hydrogens is 372 g/mol. The van der Waals surface area contributed by atoms with Gasteiger partial charge in [0.2, 0.25) is 0 Å². The monoisotopic (exact) mass is 400 g/mol. The first-order valence-corrected chi connectivity index (χ1v) is 9.71. The molecule has 2 rings (SSSR count). The Kier molecular flexibility index (Phi) is 8.98. The van der Waals surface area contributed by atoms with Crippen LogP contribution < -0.4 is 15.0 Å². The van der Waals surface area contributed by atoms with Crippen molar-refractivity contribution in [3.8, 4) is 5.75 Å². The normalized spacial score (nSPS) is 10.3. The van der Waals surface area contributed by atoms with E-state index in [9.17, 15) is 9.59 Å². The molecule has 0 aromatic heterocycles. The number of carbonyl (C=O) groups is 2. The van der Waals surface area contributed by atoms with Crippen LogP contribution >= 0.6 is 0 Å². The molecule has 0 unspecified atom stereocenters. The number of aryl methyl sites for hydroxylation is 1. The Morgan fingerprint density at radius 3 is 2.48 bits per heavy atom. The van der Waals surface area contributed by atoms with E-state index in [0.717, 1.165) is 17.7 Å². The number of nitrogens with one attached hydrogen (secondary N) is 1. The van der Waals surface area contributed by atoms with Gasteiger partial charge in [-0.3, -0.25) is 10.2 Å². The predicted molar refractivity (Wildman–Crippen MR) is 113 cm³/mol. The summed E-state index contributed by atoms with van der Waals surface area (Å²) in [7, 11) is 0. The lowest BCUT2D eigenvalue weighted by atomic mass is 10.2. The second-order valence-electron chi connectivity index (χ2n) is 6.34. The van der Waals surface area contributed by atoms with E-state index in [1.54, 1.807) is 31.2 Å². The van der Waals surface area contributed by atoms with Gasteiger partial charge in [0, 0.05) is 24.0 Å². The standard InChI is InChI=1S/C22H28N2O5/c1-4-14-27-15-13-24(19-11-9-17(3)10-12-19)22(26)29-20-8-6-7-18(16-20)23-21(25)28-5-2/h6-12,16H,4-5,13-15H2,1-3H3,(H,23,25). The minimum Gasteiger partial charge on any atom is -0.450 e. The number of amides is 2. The van der Waals surface area contributed by atoms with Gasteiger partial charge in [-0.1, -0.05) is 30.7 Å². The van der Waals surface area contributed by atoms with Crippen LogP contribution in [0.1, 0.15) is 25.8 Å². The van der Waals surface area contributed by atoms with E-state index >= 15 is 0 Å². The maximum atomic E-state index is 12.8. The van der Waals surface area contributed by atoms with Crippen LogP contribution in [-0.4, -0.2) is 38.6 Å².